The van der Waals surface area contributed by atoms with Gasteiger partial charge in [-0.25, -0.2) is 0 Å². The lowest BCUT2D eigenvalue weighted by atomic mass is 9.84. The van der Waals surface area contributed by atoms with Crippen LogP contribution in [0, 0.1) is 5.92 Å². The van der Waals surface area contributed by atoms with E-state index in [-0.39, 0.29) is 0 Å². The molecule has 1 N–H and O–H groups in total. The highest BCUT2D eigenvalue weighted by Crippen LogP contribution is 2.26. The molecule has 0 spiro atoms. The summed E-state index contributed by atoms with van der Waals surface area (Å²) < 4.78 is 5.48. The lowest BCUT2D eigenvalue weighted by Crippen LogP contribution is -2.36. The number of ether oxygens (including phenoxy) is 1. The van der Waals surface area contributed by atoms with E-state index in [4.69, 9.17) is 4.74 Å². The van der Waals surface area contributed by atoms with Crippen molar-refractivity contribution < 1.29 is 4.74 Å². The average Bonchev–Trinajstić information content (AvgIpc) is 2.34. The predicted octanol–water partition coefficient (Wildman–Crippen LogP) is 3.14. The zero-order valence-electron chi connectivity index (χ0n) is 10.7. The molecule has 1 atom stereocenters. The molecule has 0 aromatic carbocycles. The molecule has 0 amide bonds. The number of hydrogen-bond acceptors (Lipinski definition) is 2. The van der Waals surface area contributed by atoms with Gasteiger partial charge in [0.25, 0.3) is 0 Å². The van der Waals surface area contributed by atoms with Gasteiger partial charge in [-0.05, 0) is 32.1 Å². The average molecular weight is 225 g/mol. The Balaban J connectivity index is 1.96. The van der Waals surface area contributed by atoms with Gasteiger partial charge in [0.2, 0.25) is 0 Å². The molecule has 0 heterocycles. The minimum Gasteiger partial charge on any atom is -0.380 e. The Morgan fingerprint density at radius 1 is 1.31 bits per heavy atom. The Hall–Kier alpha value is -0.340. The summed E-state index contributed by atoms with van der Waals surface area (Å²) in [6.45, 7) is 8.61. The number of rotatable bonds is 8. The van der Waals surface area contributed by atoms with Gasteiger partial charge in [0.1, 0.15) is 0 Å². The molecular formula is C14H27NO. The van der Waals surface area contributed by atoms with Crippen molar-refractivity contribution in [2.45, 2.75) is 51.5 Å². The summed E-state index contributed by atoms with van der Waals surface area (Å²) in [7, 11) is 0. The Morgan fingerprint density at radius 2 is 2.06 bits per heavy atom. The summed E-state index contributed by atoms with van der Waals surface area (Å²) >= 11 is 0. The van der Waals surface area contributed by atoms with Gasteiger partial charge in [-0.3, -0.25) is 0 Å². The lowest BCUT2D eigenvalue weighted by Gasteiger charge is -2.28. The third-order valence-electron chi connectivity index (χ3n) is 3.54. The Labute approximate surface area is 100 Å². The molecule has 94 valence electrons. The van der Waals surface area contributed by atoms with Crippen molar-refractivity contribution in [3.8, 4) is 0 Å². The van der Waals surface area contributed by atoms with E-state index in [0.29, 0.717) is 6.04 Å². The second-order valence-corrected chi connectivity index (χ2v) is 4.83. The van der Waals surface area contributed by atoms with E-state index in [1.807, 2.05) is 6.08 Å². The van der Waals surface area contributed by atoms with Crippen LogP contribution in [0.2, 0.25) is 0 Å². The fourth-order valence-electron chi connectivity index (χ4n) is 2.43. The third-order valence-corrected chi connectivity index (χ3v) is 3.54. The van der Waals surface area contributed by atoms with Crippen molar-refractivity contribution in [3.63, 3.8) is 0 Å². The number of hydrogen-bond donors (Lipinski definition) is 1. The van der Waals surface area contributed by atoms with Crippen LogP contribution in [-0.2, 0) is 4.74 Å². The fraction of sp³-hybridized carbons (Fsp3) is 0.857. The fourth-order valence-corrected chi connectivity index (χ4v) is 2.43. The van der Waals surface area contributed by atoms with E-state index in [2.05, 4.69) is 18.8 Å². The normalized spacial score (nSPS) is 19.6. The van der Waals surface area contributed by atoms with Crippen LogP contribution in [0.1, 0.15) is 45.4 Å². The van der Waals surface area contributed by atoms with Gasteiger partial charge < -0.3 is 10.1 Å². The predicted molar refractivity (Wildman–Crippen MR) is 69.7 cm³/mol. The van der Waals surface area contributed by atoms with Crippen molar-refractivity contribution in [2.24, 2.45) is 5.92 Å². The maximum Gasteiger partial charge on any atom is 0.0591 e. The Kier molecular flexibility index (Phi) is 7.52. The SMILES string of the molecule is C=CCCOCCNC(C)C1CCCCC1. The molecule has 0 aliphatic heterocycles. The van der Waals surface area contributed by atoms with Crippen molar-refractivity contribution in [1.82, 2.24) is 5.32 Å². The van der Waals surface area contributed by atoms with Gasteiger partial charge >= 0.3 is 0 Å². The molecule has 0 bridgehead atoms. The van der Waals surface area contributed by atoms with Gasteiger partial charge in [-0.1, -0.05) is 25.3 Å². The minimum atomic E-state index is 0.656. The van der Waals surface area contributed by atoms with Crippen LogP contribution < -0.4 is 5.32 Å². The molecular weight excluding hydrogens is 198 g/mol. The molecule has 1 unspecified atom stereocenters. The first-order chi connectivity index (χ1) is 7.84. The smallest absolute Gasteiger partial charge is 0.0591 e. The van der Waals surface area contributed by atoms with Gasteiger partial charge in [-0.15, -0.1) is 6.58 Å². The minimum absolute atomic E-state index is 0.656. The summed E-state index contributed by atoms with van der Waals surface area (Å²) in [5, 5.41) is 3.58. The molecule has 0 aromatic heterocycles. The van der Waals surface area contributed by atoms with Crippen molar-refractivity contribution in [2.75, 3.05) is 19.8 Å². The molecule has 1 aliphatic carbocycles. The first kappa shape index (κ1) is 13.7. The van der Waals surface area contributed by atoms with Crippen LogP contribution >= 0.6 is 0 Å². The summed E-state index contributed by atoms with van der Waals surface area (Å²) in [6.07, 6.45) is 9.96. The summed E-state index contributed by atoms with van der Waals surface area (Å²) in [6, 6.07) is 0.656. The molecule has 1 aliphatic rings. The van der Waals surface area contributed by atoms with Crippen LogP contribution in [0.25, 0.3) is 0 Å². The molecule has 0 aromatic rings. The Morgan fingerprint density at radius 3 is 2.75 bits per heavy atom. The second kappa shape index (κ2) is 8.77. The summed E-state index contributed by atoms with van der Waals surface area (Å²) in [5.74, 6) is 0.891. The molecule has 1 rings (SSSR count). The lowest BCUT2D eigenvalue weighted by molar-refractivity contribution is 0.134. The highest BCUT2D eigenvalue weighted by atomic mass is 16.5. The molecule has 1 saturated carbocycles. The molecule has 2 heteroatoms. The van der Waals surface area contributed by atoms with Crippen LogP contribution in [0.5, 0.6) is 0 Å². The molecule has 0 saturated heterocycles. The second-order valence-electron chi connectivity index (χ2n) is 4.83. The highest BCUT2D eigenvalue weighted by molar-refractivity contribution is 4.75. The van der Waals surface area contributed by atoms with Gasteiger partial charge in [-0.2, -0.15) is 0 Å². The van der Waals surface area contributed by atoms with E-state index in [1.165, 1.54) is 32.1 Å². The van der Waals surface area contributed by atoms with Gasteiger partial charge in [0, 0.05) is 12.6 Å². The van der Waals surface area contributed by atoms with Gasteiger partial charge in [0.05, 0.1) is 13.2 Å². The van der Waals surface area contributed by atoms with Crippen LogP contribution in [0.4, 0.5) is 0 Å². The Bertz CT molecular complexity index is 176. The quantitative estimate of drug-likeness (QED) is 0.506. The largest absolute Gasteiger partial charge is 0.380 e. The van der Waals surface area contributed by atoms with E-state index < -0.39 is 0 Å². The molecule has 0 radical (unpaired) electrons. The topological polar surface area (TPSA) is 21.3 Å². The molecule has 16 heavy (non-hydrogen) atoms. The van der Waals surface area contributed by atoms with E-state index in [0.717, 1.165) is 32.1 Å². The zero-order chi connectivity index (χ0) is 11.6. The van der Waals surface area contributed by atoms with Crippen molar-refractivity contribution in [3.05, 3.63) is 12.7 Å². The van der Waals surface area contributed by atoms with E-state index in [9.17, 15) is 0 Å². The monoisotopic (exact) mass is 225 g/mol. The third kappa shape index (κ3) is 5.66. The number of nitrogens with one attached hydrogen (secondary N) is 1. The zero-order valence-corrected chi connectivity index (χ0v) is 10.7. The summed E-state index contributed by atoms with van der Waals surface area (Å²) in [5.41, 5.74) is 0. The standard InChI is InChI=1S/C14H27NO/c1-3-4-11-16-12-10-15-13(2)14-8-6-5-7-9-14/h3,13-15H,1,4-12H2,2H3. The van der Waals surface area contributed by atoms with Crippen LogP contribution in [0.3, 0.4) is 0 Å². The summed E-state index contributed by atoms with van der Waals surface area (Å²) in [4.78, 5) is 0. The maximum atomic E-state index is 5.48. The van der Waals surface area contributed by atoms with Crippen LogP contribution in [0.15, 0.2) is 12.7 Å². The van der Waals surface area contributed by atoms with E-state index in [1.54, 1.807) is 0 Å². The van der Waals surface area contributed by atoms with Crippen molar-refractivity contribution in [1.29, 1.82) is 0 Å². The first-order valence-electron chi connectivity index (χ1n) is 6.76. The molecule has 1 fully saturated rings. The van der Waals surface area contributed by atoms with Gasteiger partial charge in [0.15, 0.2) is 0 Å². The van der Waals surface area contributed by atoms with Crippen LogP contribution in [-0.4, -0.2) is 25.8 Å². The highest BCUT2D eigenvalue weighted by Gasteiger charge is 2.18. The first-order valence-corrected chi connectivity index (χ1v) is 6.76. The molecule has 2 nitrogen and oxygen atoms in total. The maximum absolute atomic E-state index is 5.48. The van der Waals surface area contributed by atoms with E-state index >= 15 is 0 Å². The van der Waals surface area contributed by atoms with Crippen molar-refractivity contribution >= 4 is 0 Å².